The molecule has 134 valence electrons. The highest BCUT2D eigenvalue weighted by Gasteiger charge is 2.29. The number of ether oxygens (including phenoxy) is 1. The number of nitrogens with one attached hydrogen (secondary N) is 1. The minimum Gasteiger partial charge on any atom is -0.464 e. The predicted octanol–water partition coefficient (Wildman–Crippen LogP) is 1.61. The standard InChI is InChI=1S/C17H13N7O3/c1-27-16(26)14-13(20-22-21-14)15(25)24(11-5-3-2-4-6-11)12-7-9-23-10-8-18-17(23)19-12/h2-10H,1H3,(H,20,21,22). The molecular weight excluding hydrogens is 350 g/mol. The van der Waals surface area contributed by atoms with Crippen molar-refractivity contribution in [3.63, 3.8) is 0 Å². The molecular formula is C17H13N7O3. The molecule has 0 aliphatic rings. The van der Waals surface area contributed by atoms with Gasteiger partial charge in [-0.25, -0.2) is 9.78 Å². The van der Waals surface area contributed by atoms with Gasteiger partial charge in [0.2, 0.25) is 11.5 Å². The van der Waals surface area contributed by atoms with Gasteiger partial charge in [-0.05, 0) is 18.2 Å². The van der Waals surface area contributed by atoms with Gasteiger partial charge in [0.15, 0.2) is 5.69 Å². The first-order chi connectivity index (χ1) is 13.2. The highest BCUT2D eigenvalue weighted by Crippen LogP contribution is 2.26. The number of nitrogens with zero attached hydrogens (tertiary/aromatic N) is 6. The van der Waals surface area contributed by atoms with Gasteiger partial charge in [0.1, 0.15) is 5.82 Å². The maximum absolute atomic E-state index is 13.3. The van der Waals surface area contributed by atoms with Crippen molar-refractivity contribution in [1.82, 2.24) is 29.8 Å². The van der Waals surface area contributed by atoms with Gasteiger partial charge in [-0.3, -0.25) is 14.1 Å². The van der Waals surface area contributed by atoms with Crippen LogP contribution in [0.25, 0.3) is 5.78 Å². The van der Waals surface area contributed by atoms with E-state index in [1.54, 1.807) is 53.3 Å². The van der Waals surface area contributed by atoms with Gasteiger partial charge in [-0.1, -0.05) is 18.2 Å². The minimum absolute atomic E-state index is 0.171. The molecule has 0 bridgehead atoms. The zero-order valence-electron chi connectivity index (χ0n) is 14.1. The van der Waals surface area contributed by atoms with Crippen molar-refractivity contribution < 1.29 is 14.3 Å². The summed E-state index contributed by atoms with van der Waals surface area (Å²) >= 11 is 0. The van der Waals surface area contributed by atoms with Crippen LogP contribution in [0.3, 0.4) is 0 Å². The lowest BCUT2D eigenvalue weighted by atomic mass is 10.2. The average Bonchev–Trinajstić information content (AvgIpc) is 3.37. The molecule has 0 atom stereocenters. The molecule has 0 aliphatic heterocycles. The molecule has 0 saturated heterocycles. The second-order valence-corrected chi connectivity index (χ2v) is 5.41. The van der Waals surface area contributed by atoms with Crippen LogP contribution in [0.1, 0.15) is 21.0 Å². The first-order valence-electron chi connectivity index (χ1n) is 7.87. The fourth-order valence-electron chi connectivity index (χ4n) is 2.57. The summed E-state index contributed by atoms with van der Waals surface area (Å²) in [6.45, 7) is 0. The number of methoxy groups -OCH3 is 1. The van der Waals surface area contributed by atoms with E-state index in [1.807, 2.05) is 6.07 Å². The molecule has 10 nitrogen and oxygen atoms in total. The van der Waals surface area contributed by atoms with Crippen molar-refractivity contribution in [3.05, 3.63) is 66.4 Å². The number of benzene rings is 1. The quantitative estimate of drug-likeness (QED) is 0.547. The zero-order chi connectivity index (χ0) is 18.8. The van der Waals surface area contributed by atoms with Crippen molar-refractivity contribution in [1.29, 1.82) is 0 Å². The van der Waals surface area contributed by atoms with Gasteiger partial charge in [-0.2, -0.15) is 10.2 Å². The van der Waals surface area contributed by atoms with Crippen LogP contribution in [0, 0.1) is 0 Å². The molecule has 0 fully saturated rings. The Hall–Kier alpha value is -4.08. The van der Waals surface area contributed by atoms with Crippen molar-refractivity contribution >= 4 is 29.2 Å². The van der Waals surface area contributed by atoms with Gasteiger partial charge < -0.3 is 4.74 Å². The van der Waals surface area contributed by atoms with Crippen molar-refractivity contribution in [3.8, 4) is 0 Å². The molecule has 1 amide bonds. The third-order valence-electron chi connectivity index (χ3n) is 3.82. The Kier molecular flexibility index (Phi) is 4.05. The summed E-state index contributed by atoms with van der Waals surface area (Å²) in [5, 5.41) is 9.85. The van der Waals surface area contributed by atoms with E-state index in [-0.39, 0.29) is 11.4 Å². The third kappa shape index (κ3) is 2.88. The maximum atomic E-state index is 13.3. The lowest BCUT2D eigenvalue weighted by Gasteiger charge is -2.21. The van der Waals surface area contributed by atoms with E-state index in [0.717, 1.165) is 0 Å². The Bertz CT molecular complexity index is 1120. The van der Waals surface area contributed by atoms with Crippen LogP contribution in [0.4, 0.5) is 11.5 Å². The van der Waals surface area contributed by atoms with Crippen LogP contribution < -0.4 is 4.90 Å². The van der Waals surface area contributed by atoms with E-state index in [2.05, 4.69) is 30.1 Å². The molecule has 3 aromatic heterocycles. The van der Waals surface area contributed by atoms with Gasteiger partial charge in [0.05, 0.1) is 12.8 Å². The monoisotopic (exact) mass is 363 g/mol. The molecule has 4 rings (SSSR count). The summed E-state index contributed by atoms with van der Waals surface area (Å²) in [6.07, 6.45) is 5.08. The second-order valence-electron chi connectivity index (χ2n) is 5.41. The number of aromatic nitrogens is 6. The largest absolute Gasteiger partial charge is 0.464 e. The lowest BCUT2D eigenvalue weighted by molar-refractivity contribution is 0.0590. The van der Waals surface area contributed by atoms with E-state index in [0.29, 0.717) is 17.3 Å². The van der Waals surface area contributed by atoms with Crippen LogP contribution >= 0.6 is 0 Å². The number of carbonyl (C=O) groups excluding carboxylic acids is 2. The molecule has 3 heterocycles. The number of H-pyrrole nitrogens is 1. The molecule has 27 heavy (non-hydrogen) atoms. The van der Waals surface area contributed by atoms with Crippen LogP contribution in [-0.2, 0) is 4.74 Å². The molecule has 1 N–H and O–H groups in total. The first-order valence-corrected chi connectivity index (χ1v) is 7.87. The van der Waals surface area contributed by atoms with Gasteiger partial charge in [0.25, 0.3) is 5.91 Å². The highest BCUT2D eigenvalue weighted by atomic mass is 16.5. The molecule has 0 spiro atoms. The maximum Gasteiger partial charge on any atom is 0.361 e. The normalized spacial score (nSPS) is 10.7. The highest BCUT2D eigenvalue weighted by molar-refractivity contribution is 6.13. The van der Waals surface area contributed by atoms with Crippen LogP contribution in [0.5, 0.6) is 0 Å². The van der Waals surface area contributed by atoms with Gasteiger partial charge >= 0.3 is 5.97 Å². The van der Waals surface area contributed by atoms with E-state index in [4.69, 9.17) is 0 Å². The Morgan fingerprint density at radius 3 is 2.63 bits per heavy atom. The predicted molar refractivity (Wildman–Crippen MR) is 93.6 cm³/mol. The van der Waals surface area contributed by atoms with Gasteiger partial charge in [-0.15, -0.1) is 10.2 Å². The van der Waals surface area contributed by atoms with E-state index in [9.17, 15) is 9.59 Å². The second kappa shape index (κ2) is 6.67. The molecule has 4 aromatic rings. The minimum atomic E-state index is -0.767. The smallest absolute Gasteiger partial charge is 0.361 e. The van der Waals surface area contributed by atoms with E-state index < -0.39 is 11.9 Å². The number of anilines is 2. The first kappa shape index (κ1) is 16.4. The fourth-order valence-corrected chi connectivity index (χ4v) is 2.57. The number of fused-ring (bicyclic) bond motifs is 1. The number of hydrogen-bond donors (Lipinski definition) is 1. The number of aromatic amines is 1. The topological polar surface area (TPSA) is 118 Å². The number of para-hydroxylation sites is 1. The number of amides is 1. The van der Waals surface area contributed by atoms with Crippen LogP contribution in [0.2, 0.25) is 0 Å². The molecule has 0 aliphatic carbocycles. The molecule has 10 heteroatoms. The summed E-state index contributed by atoms with van der Waals surface area (Å²) in [5.74, 6) is -0.603. The number of esters is 1. The Morgan fingerprint density at radius 2 is 1.85 bits per heavy atom. The Balaban J connectivity index is 1.85. The van der Waals surface area contributed by atoms with Crippen molar-refractivity contribution in [2.45, 2.75) is 0 Å². The summed E-state index contributed by atoms with van der Waals surface area (Å²) < 4.78 is 6.38. The summed E-state index contributed by atoms with van der Waals surface area (Å²) in [5.41, 5.74) is 0.172. The molecule has 0 saturated carbocycles. The summed E-state index contributed by atoms with van der Waals surface area (Å²) in [4.78, 5) is 35.0. The number of imidazole rings is 1. The lowest BCUT2D eigenvalue weighted by Crippen LogP contribution is -2.29. The van der Waals surface area contributed by atoms with Crippen LogP contribution in [0.15, 0.2) is 55.0 Å². The number of hydrogen-bond acceptors (Lipinski definition) is 7. The number of carbonyl (C=O) groups is 2. The van der Waals surface area contributed by atoms with Crippen molar-refractivity contribution in [2.24, 2.45) is 0 Å². The molecule has 0 unspecified atom stereocenters. The number of rotatable bonds is 4. The molecule has 1 aromatic carbocycles. The van der Waals surface area contributed by atoms with Gasteiger partial charge in [0, 0.05) is 18.6 Å². The summed E-state index contributed by atoms with van der Waals surface area (Å²) in [7, 11) is 1.20. The zero-order valence-corrected chi connectivity index (χ0v) is 14.1. The Morgan fingerprint density at radius 1 is 1.07 bits per heavy atom. The summed E-state index contributed by atoms with van der Waals surface area (Å²) in [6, 6.07) is 10.5. The average molecular weight is 363 g/mol. The van der Waals surface area contributed by atoms with Crippen LogP contribution in [-0.4, -0.2) is 48.8 Å². The van der Waals surface area contributed by atoms with Crippen molar-refractivity contribution in [2.75, 3.05) is 12.0 Å². The molecule has 0 radical (unpaired) electrons. The SMILES string of the molecule is COC(=O)c1n[nH]nc1C(=O)N(c1ccccc1)c1ccn2ccnc2n1. The Labute approximate surface area is 152 Å². The third-order valence-corrected chi connectivity index (χ3v) is 3.82. The van der Waals surface area contributed by atoms with E-state index in [1.165, 1.54) is 12.0 Å². The fraction of sp³-hybridized carbons (Fsp3) is 0.0588. The van der Waals surface area contributed by atoms with E-state index >= 15 is 0 Å².